The average molecular weight is 398 g/mol. The van der Waals surface area contributed by atoms with Gasteiger partial charge < -0.3 is 5.32 Å². The molecule has 0 bridgehead atoms. The van der Waals surface area contributed by atoms with Crippen molar-refractivity contribution in [2.24, 2.45) is 0 Å². The second-order valence-corrected chi connectivity index (χ2v) is 8.43. The Morgan fingerprint density at radius 1 is 0.808 bits per heavy atom. The van der Waals surface area contributed by atoms with Gasteiger partial charge in [0.1, 0.15) is 0 Å². The lowest BCUT2D eigenvalue weighted by Crippen LogP contribution is -2.42. The minimum atomic E-state index is -4.67. The van der Waals surface area contributed by atoms with Crippen molar-refractivity contribution in [2.45, 2.75) is 77.6 Å². The van der Waals surface area contributed by atoms with Gasteiger partial charge >= 0.3 is 16.3 Å². The molecule has 3 N–H and O–H groups in total. The molecule has 0 aliphatic carbocycles. The molecule has 0 aromatic heterocycles. The molecule has 0 aliphatic heterocycles. The molecule has 0 spiro atoms. The van der Waals surface area contributed by atoms with Gasteiger partial charge in [-0.05, 0) is 13.0 Å². The van der Waals surface area contributed by atoms with Crippen molar-refractivity contribution in [1.82, 2.24) is 5.32 Å². The smallest absolute Gasteiger partial charge is 0.316 e. The molecule has 0 aromatic rings. The maximum atomic E-state index is 11.7. The van der Waals surface area contributed by atoms with Crippen molar-refractivity contribution in [3.8, 4) is 0 Å². The molecule has 0 rings (SSSR count). The third-order valence-corrected chi connectivity index (χ3v) is 3.97. The van der Waals surface area contributed by atoms with Gasteiger partial charge in [0, 0.05) is 6.54 Å². The number of nitrogens with zero attached hydrogens (tertiary/aromatic N) is 1. The topological polar surface area (TPSA) is 104 Å². The Labute approximate surface area is 160 Å². The van der Waals surface area contributed by atoms with Crippen molar-refractivity contribution >= 4 is 16.3 Å². The van der Waals surface area contributed by atoms with Crippen LogP contribution in [0.5, 0.6) is 0 Å². The number of rotatable bonds is 14. The third-order valence-electron chi connectivity index (χ3n) is 3.97. The van der Waals surface area contributed by atoms with E-state index < -0.39 is 10.4 Å². The van der Waals surface area contributed by atoms with E-state index in [1.54, 1.807) is 0 Å². The number of quaternary nitrogens is 1. The van der Waals surface area contributed by atoms with E-state index in [-0.39, 0.29) is 0 Å². The number of amides is 1. The van der Waals surface area contributed by atoms with Crippen molar-refractivity contribution in [3.63, 3.8) is 0 Å². The van der Waals surface area contributed by atoms with E-state index in [0.717, 1.165) is 13.1 Å². The molecule has 7 nitrogen and oxygen atoms in total. The highest BCUT2D eigenvalue weighted by molar-refractivity contribution is 7.79. The van der Waals surface area contributed by atoms with Gasteiger partial charge in [0.2, 0.25) is 0 Å². The zero-order chi connectivity index (χ0) is 20.5. The minimum absolute atomic E-state index is 0.297. The Hall–Kier alpha value is -0.540. The van der Waals surface area contributed by atoms with Crippen LogP contribution in [0.1, 0.15) is 77.6 Å². The van der Waals surface area contributed by atoms with Gasteiger partial charge in [0.15, 0.2) is 0 Å². The predicted molar refractivity (Wildman–Crippen MR) is 107 cm³/mol. The summed E-state index contributed by atoms with van der Waals surface area (Å²) in [6.07, 6.45) is 14.4. The number of hydrogen-bond acceptors (Lipinski definition) is 4. The molecule has 8 heteroatoms. The van der Waals surface area contributed by atoms with Gasteiger partial charge in [-0.15, -0.1) is 0 Å². The lowest BCUT2D eigenvalue weighted by atomic mass is 10.1. The molecule has 0 fully saturated rings. The Balaban J connectivity index is 0. The summed E-state index contributed by atoms with van der Waals surface area (Å²) < 4.78 is 32.0. The molecule has 0 unspecified atom stereocenters. The fourth-order valence-electron chi connectivity index (χ4n) is 2.39. The highest BCUT2D eigenvalue weighted by atomic mass is 32.3. The van der Waals surface area contributed by atoms with Gasteiger partial charge in [0.25, 0.3) is 0 Å². The van der Waals surface area contributed by atoms with E-state index in [1.807, 2.05) is 21.1 Å². The second kappa shape index (κ2) is 16.6. The standard InChI is InChI=1S/C18H39N2O.H2O4S/c1-5-6-7-8-9-10-11-12-13-14-16-19-17-15-18(21)20(2,3)4;1-5(2,3)4/h19H,5-17H2,1-4H3;(H2,1,2,3,4)/q+1;. The fraction of sp³-hybridized carbons (Fsp3) is 0.944. The van der Waals surface area contributed by atoms with Crippen molar-refractivity contribution in [1.29, 1.82) is 0 Å². The number of hydrogen-bond donors (Lipinski definition) is 3. The Morgan fingerprint density at radius 2 is 1.19 bits per heavy atom. The number of carbonyl (C=O) groups excluding carboxylic acids is 1. The predicted octanol–water partition coefficient (Wildman–Crippen LogP) is 3.47. The molecular weight excluding hydrogens is 356 g/mol. The molecule has 0 saturated carbocycles. The van der Waals surface area contributed by atoms with E-state index in [0.29, 0.717) is 16.8 Å². The average Bonchev–Trinajstić information content (AvgIpc) is 2.49. The maximum absolute atomic E-state index is 11.7. The van der Waals surface area contributed by atoms with Crippen LogP contribution >= 0.6 is 0 Å². The first-order chi connectivity index (χ1) is 12.0. The van der Waals surface area contributed by atoms with Crippen LogP contribution in [0.15, 0.2) is 0 Å². The molecular formula is C18H41N2O5S+. The zero-order valence-corrected chi connectivity index (χ0v) is 18.0. The second-order valence-electron chi connectivity index (χ2n) is 7.54. The fourth-order valence-corrected chi connectivity index (χ4v) is 2.39. The summed E-state index contributed by atoms with van der Waals surface area (Å²) >= 11 is 0. The summed E-state index contributed by atoms with van der Waals surface area (Å²) in [5.74, 6) is 0.297. The largest absolute Gasteiger partial charge is 0.394 e. The van der Waals surface area contributed by atoms with E-state index in [4.69, 9.17) is 17.5 Å². The van der Waals surface area contributed by atoms with Crippen molar-refractivity contribution in [3.05, 3.63) is 0 Å². The van der Waals surface area contributed by atoms with Crippen LogP contribution in [0.4, 0.5) is 0 Å². The van der Waals surface area contributed by atoms with Crippen molar-refractivity contribution in [2.75, 3.05) is 34.2 Å². The summed E-state index contributed by atoms with van der Waals surface area (Å²) in [7, 11) is 1.14. The molecule has 0 saturated heterocycles. The number of carbonyl (C=O) groups is 1. The Kier molecular flexibility index (Phi) is 17.7. The quantitative estimate of drug-likeness (QED) is 0.236. The van der Waals surface area contributed by atoms with Crippen molar-refractivity contribution < 1.29 is 26.8 Å². The van der Waals surface area contributed by atoms with Crippen LogP contribution in [-0.2, 0) is 15.2 Å². The molecule has 0 aliphatic rings. The van der Waals surface area contributed by atoms with Crippen LogP contribution in [0.3, 0.4) is 0 Å². The first-order valence-electron chi connectivity index (χ1n) is 9.74. The summed E-state index contributed by atoms with van der Waals surface area (Å²) in [6.45, 7) is 4.15. The first-order valence-corrected chi connectivity index (χ1v) is 11.1. The van der Waals surface area contributed by atoms with Crippen LogP contribution in [0.2, 0.25) is 0 Å². The summed E-state index contributed by atoms with van der Waals surface area (Å²) in [4.78, 5) is 11.7. The number of nitrogens with one attached hydrogen (secondary N) is 1. The zero-order valence-electron chi connectivity index (χ0n) is 17.2. The Morgan fingerprint density at radius 3 is 1.58 bits per heavy atom. The van der Waals surface area contributed by atoms with Crippen LogP contribution in [0.25, 0.3) is 0 Å². The van der Waals surface area contributed by atoms with E-state index in [9.17, 15) is 4.79 Å². The molecule has 1 amide bonds. The lowest BCUT2D eigenvalue weighted by molar-refractivity contribution is -0.792. The molecule has 158 valence electrons. The molecule has 0 aromatic carbocycles. The van der Waals surface area contributed by atoms with Gasteiger partial charge in [-0.3, -0.25) is 13.6 Å². The SMILES string of the molecule is CCCCCCCCCCCCNCCC(=O)[N+](C)(C)C.O=S(=O)(O)O. The van der Waals surface area contributed by atoms with Gasteiger partial charge in [-0.2, -0.15) is 8.42 Å². The lowest BCUT2D eigenvalue weighted by Gasteiger charge is -2.20. The number of unbranched alkanes of at least 4 members (excludes halogenated alkanes) is 9. The van der Waals surface area contributed by atoms with Gasteiger partial charge in [-0.25, -0.2) is 4.79 Å². The normalized spacial score (nSPS) is 11.8. The van der Waals surface area contributed by atoms with E-state index >= 15 is 0 Å². The minimum Gasteiger partial charge on any atom is -0.316 e. The summed E-state index contributed by atoms with van der Waals surface area (Å²) in [5.41, 5.74) is 0. The highest BCUT2D eigenvalue weighted by Gasteiger charge is 2.18. The van der Waals surface area contributed by atoms with Crippen LogP contribution in [-0.4, -0.2) is 62.1 Å². The molecule has 0 heterocycles. The summed E-state index contributed by atoms with van der Waals surface area (Å²) in [5, 5.41) is 3.38. The van der Waals surface area contributed by atoms with Crippen LogP contribution in [0, 0.1) is 0 Å². The maximum Gasteiger partial charge on any atom is 0.394 e. The Bertz CT molecular complexity index is 425. The third kappa shape index (κ3) is 28.3. The van der Waals surface area contributed by atoms with E-state index in [1.165, 1.54) is 64.2 Å². The monoisotopic (exact) mass is 397 g/mol. The van der Waals surface area contributed by atoms with Gasteiger partial charge in [0.05, 0.1) is 27.6 Å². The summed E-state index contributed by atoms with van der Waals surface area (Å²) in [6, 6.07) is 0. The van der Waals surface area contributed by atoms with Gasteiger partial charge in [-0.1, -0.05) is 64.7 Å². The van der Waals surface area contributed by atoms with E-state index in [2.05, 4.69) is 12.2 Å². The molecule has 26 heavy (non-hydrogen) atoms. The van der Waals surface area contributed by atoms with Crippen LogP contribution < -0.4 is 5.32 Å². The first kappa shape index (κ1) is 27.7. The molecule has 0 radical (unpaired) electrons. The molecule has 0 atom stereocenters. The highest BCUT2D eigenvalue weighted by Crippen LogP contribution is 2.10.